The molecule has 4 rings (SSSR count). The zero-order chi connectivity index (χ0) is 29.0. The van der Waals surface area contributed by atoms with Gasteiger partial charge in [-0.1, -0.05) is 44.2 Å². The summed E-state index contributed by atoms with van der Waals surface area (Å²) in [4.78, 5) is 43.2. The Bertz CT molecular complexity index is 1250. The van der Waals surface area contributed by atoms with Gasteiger partial charge in [0, 0.05) is 49.9 Å². The second-order valence-corrected chi connectivity index (χ2v) is 11.1. The number of nitrogens with zero attached hydrogens (tertiary/aromatic N) is 2. The average Bonchev–Trinajstić information content (AvgIpc) is 3.32. The minimum absolute atomic E-state index is 0.112. The van der Waals surface area contributed by atoms with E-state index < -0.39 is 17.8 Å². The van der Waals surface area contributed by atoms with Crippen molar-refractivity contribution in [2.45, 2.75) is 95.9 Å². The van der Waals surface area contributed by atoms with E-state index >= 15 is 0 Å². The van der Waals surface area contributed by atoms with Gasteiger partial charge >= 0.3 is 5.97 Å². The van der Waals surface area contributed by atoms with Gasteiger partial charge in [0.2, 0.25) is 0 Å². The van der Waals surface area contributed by atoms with Gasteiger partial charge in [-0.2, -0.15) is 0 Å². The summed E-state index contributed by atoms with van der Waals surface area (Å²) in [5.74, 6) is 0.00861. The maximum Gasteiger partial charge on any atom is 0.333 e. The summed E-state index contributed by atoms with van der Waals surface area (Å²) in [5, 5.41) is 0.618. The first-order valence-corrected chi connectivity index (χ1v) is 15.0. The third-order valence-electron chi connectivity index (χ3n) is 8.17. The number of H-pyrrole nitrogens is 1. The van der Waals surface area contributed by atoms with Crippen molar-refractivity contribution in [2.24, 2.45) is 0 Å². The minimum Gasteiger partial charge on any atom is -0.330 e. The molecule has 216 valence electrons. The highest BCUT2D eigenvalue weighted by atomic mass is 16.7. The van der Waals surface area contributed by atoms with Crippen molar-refractivity contribution in [3.05, 3.63) is 96.1 Å². The molecule has 1 N–H and O–H groups in total. The van der Waals surface area contributed by atoms with Gasteiger partial charge in [0.25, 0.3) is 11.8 Å². The minimum atomic E-state index is -0.527. The number of rotatable bonds is 15. The van der Waals surface area contributed by atoms with Gasteiger partial charge in [0.15, 0.2) is 24.8 Å². The van der Waals surface area contributed by atoms with Crippen LogP contribution in [0, 0.1) is 0 Å². The molecule has 1 aliphatic heterocycles. The largest absolute Gasteiger partial charge is 0.333 e. The smallest absolute Gasteiger partial charge is 0.330 e. The lowest BCUT2D eigenvalue weighted by Crippen LogP contribution is -2.33. The Morgan fingerprint density at radius 2 is 1.51 bits per heavy atom. The molecule has 7 nitrogen and oxygen atoms in total. The number of imide groups is 1. The molecular weight excluding hydrogens is 514 g/mol. The van der Waals surface area contributed by atoms with E-state index in [1.165, 1.54) is 16.7 Å². The zero-order valence-corrected chi connectivity index (χ0v) is 24.3. The molecule has 3 atom stereocenters. The lowest BCUT2D eigenvalue weighted by Gasteiger charge is -2.26. The van der Waals surface area contributed by atoms with Gasteiger partial charge < -0.3 is 4.84 Å². The Morgan fingerprint density at radius 1 is 0.854 bits per heavy atom. The Morgan fingerprint density at radius 3 is 2.17 bits per heavy atom. The molecule has 3 heterocycles. The van der Waals surface area contributed by atoms with Gasteiger partial charge in [-0.25, -0.2) is 14.3 Å². The number of hydroxylamine groups is 2. The van der Waals surface area contributed by atoms with Crippen LogP contribution < -0.4 is 9.55 Å². The van der Waals surface area contributed by atoms with Crippen molar-refractivity contribution in [1.29, 1.82) is 0 Å². The summed E-state index contributed by atoms with van der Waals surface area (Å²) in [6.45, 7) is 5.48. The number of aromatic amines is 1. The second kappa shape index (κ2) is 15.2. The van der Waals surface area contributed by atoms with Crippen LogP contribution >= 0.6 is 0 Å². The molecule has 0 spiro atoms. The molecule has 2 amide bonds. The monoisotopic (exact) mass is 557 g/mol. The highest BCUT2D eigenvalue weighted by Gasteiger charge is 2.32. The van der Waals surface area contributed by atoms with E-state index in [1.807, 2.05) is 12.4 Å². The molecule has 1 aliphatic rings. The van der Waals surface area contributed by atoms with Crippen LogP contribution in [0.15, 0.2) is 79.4 Å². The Labute approximate surface area is 243 Å². The zero-order valence-electron chi connectivity index (χ0n) is 24.3. The number of hydrogen-bond donors (Lipinski definition) is 0. The van der Waals surface area contributed by atoms with Crippen molar-refractivity contribution in [2.75, 3.05) is 0 Å². The summed E-state index contributed by atoms with van der Waals surface area (Å²) in [6.07, 6.45) is 14.6. The molecule has 1 saturated heterocycles. The van der Waals surface area contributed by atoms with Crippen LogP contribution in [0.3, 0.4) is 0 Å². The van der Waals surface area contributed by atoms with Crippen LogP contribution in [0.1, 0.15) is 106 Å². The van der Waals surface area contributed by atoms with E-state index in [4.69, 9.17) is 4.84 Å². The first kappa shape index (κ1) is 30.1. The van der Waals surface area contributed by atoms with Crippen LogP contribution in [-0.4, -0.2) is 22.8 Å². The van der Waals surface area contributed by atoms with Crippen LogP contribution in [0.2, 0.25) is 0 Å². The van der Waals surface area contributed by atoms with Gasteiger partial charge in [-0.3, -0.25) is 9.59 Å². The van der Waals surface area contributed by atoms with Crippen LogP contribution in [0.25, 0.3) is 0 Å². The molecular formula is C34H43N3O4+2. The Kier molecular flexibility index (Phi) is 11.2. The molecule has 0 radical (unpaired) electrons. The third kappa shape index (κ3) is 8.81. The third-order valence-corrected chi connectivity index (χ3v) is 8.17. The van der Waals surface area contributed by atoms with Crippen molar-refractivity contribution >= 4 is 17.8 Å². The SMILES string of the molecule is CCC(CC(CC(C)c1cc[n+](CCCCCC(=O)ON2C(=O)CCC2=O)cc1)c1cc[nH+]cc1)c1ccccc1. The fourth-order valence-electron chi connectivity index (χ4n) is 5.70. The molecule has 41 heavy (non-hydrogen) atoms. The number of carbonyl (C=O) groups is 3. The first-order valence-electron chi connectivity index (χ1n) is 15.0. The predicted molar refractivity (Wildman–Crippen MR) is 155 cm³/mol. The standard InChI is InChI=1S/C34H42N3O4/c1-3-27(29-10-6-4-7-11-29)25-31(30-15-19-35-20-16-30)24-26(2)28-17-22-36(23-18-28)21-9-5-8-12-34(40)41-37-32(38)13-14-33(37)39/h4,6-7,10-11,15-20,22-23,26-27,31H,3,5,8-9,12-14,21,24-25H2,1-2H3/q+1/p+1. The predicted octanol–water partition coefficient (Wildman–Crippen LogP) is 5.82. The molecule has 1 fully saturated rings. The number of pyridine rings is 2. The number of amides is 2. The fraction of sp³-hybridized carbons (Fsp3) is 0.441. The van der Waals surface area contributed by atoms with E-state index in [1.54, 1.807) is 0 Å². The van der Waals surface area contributed by atoms with Crippen LogP contribution in [0.5, 0.6) is 0 Å². The van der Waals surface area contributed by atoms with Gasteiger partial charge in [-0.15, -0.1) is 5.06 Å². The quantitative estimate of drug-likeness (QED) is 0.134. The Hall–Kier alpha value is -3.87. The number of carbonyl (C=O) groups excluding carboxylic acids is 3. The molecule has 1 aromatic carbocycles. The van der Waals surface area contributed by atoms with Gasteiger partial charge in [0.1, 0.15) is 6.54 Å². The van der Waals surface area contributed by atoms with Crippen molar-refractivity contribution in [1.82, 2.24) is 5.06 Å². The maximum atomic E-state index is 12.0. The molecule has 0 saturated carbocycles. The second-order valence-electron chi connectivity index (χ2n) is 11.1. The Balaban J connectivity index is 1.26. The highest BCUT2D eigenvalue weighted by Crippen LogP contribution is 2.38. The van der Waals surface area contributed by atoms with Crippen molar-refractivity contribution in [3.63, 3.8) is 0 Å². The van der Waals surface area contributed by atoms with E-state index in [0.717, 1.165) is 38.6 Å². The molecule has 3 unspecified atom stereocenters. The number of benzene rings is 1. The summed E-state index contributed by atoms with van der Waals surface area (Å²) >= 11 is 0. The molecule has 2 aromatic heterocycles. The number of unbranched alkanes of at least 4 members (excludes halogenated alkanes) is 2. The van der Waals surface area contributed by atoms with Crippen LogP contribution in [0.4, 0.5) is 0 Å². The number of aromatic nitrogens is 2. The highest BCUT2D eigenvalue weighted by molar-refractivity contribution is 6.01. The lowest BCUT2D eigenvalue weighted by molar-refractivity contribution is -0.697. The van der Waals surface area contributed by atoms with Gasteiger partial charge in [-0.05, 0) is 66.5 Å². The topological polar surface area (TPSA) is 81.7 Å². The van der Waals surface area contributed by atoms with Gasteiger partial charge in [0.05, 0.1) is 0 Å². The van der Waals surface area contributed by atoms with E-state index in [2.05, 4.69) is 90.4 Å². The number of aryl methyl sites for hydroxylation is 1. The molecule has 3 aromatic rings. The summed E-state index contributed by atoms with van der Waals surface area (Å²) in [7, 11) is 0. The normalized spacial score (nSPS) is 15.5. The summed E-state index contributed by atoms with van der Waals surface area (Å²) in [6, 6.07) is 19.8. The van der Waals surface area contributed by atoms with E-state index in [9.17, 15) is 14.4 Å². The lowest BCUT2D eigenvalue weighted by atomic mass is 9.79. The fourth-order valence-corrected chi connectivity index (χ4v) is 5.70. The molecule has 7 heteroatoms. The maximum absolute atomic E-state index is 12.0. The van der Waals surface area contributed by atoms with E-state index in [-0.39, 0.29) is 19.3 Å². The molecule has 0 aliphatic carbocycles. The average molecular weight is 558 g/mol. The van der Waals surface area contributed by atoms with Crippen LogP contribution in [-0.2, 0) is 25.8 Å². The number of hydrogen-bond acceptors (Lipinski definition) is 4. The van der Waals surface area contributed by atoms with Crippen molar-refractivity contribution < 1.29 is 28.8 Å². The van der Waals surface area contributed by atoms with E-state index in [0.29, 0.717) is 29.2 Å². The summed E-state index contributed by atoms with van der Waals surface area (Å²) < 4.78 is 2.18. The van der Waals surface area contributed by atoms with Crippen molar-refractivity contribution in [3.8, 4) is 0 Å². The summed E-state index contributed by atoms with van der Waals surface area (Å²) in [5.41, 5.74) is 4.15. The molecule has 0 bridgehead atoms. The number of nitrogens with one attached hydrogen (secondary N) is 1. The first-order chi connectivity index (χ1) is 19.9.